The molecule has 1 N–H and O–H groups in total. The molecule has 1 aliphatic heterocycles. The Hall–Kier alpha value is -3.19. The second kappa shape index (κ2) is 9.12. The zero-order valence-electron chi connectivity index (χ0n) is 18.7. The van der Waals surface area contributed by atoms with E-state index in [1.54, 1.807) is 17.0 Å². The minimum Gasteiger partial charge on any atom is -0.486 e. The van der Waals surface area contributed by atoms with Crippen molar-refractivity contribution in [2.45, 2.75) is 51.9 Å². The molecule has 0 bridgehead atoms. The SMILES string of the molecule is Cc1nn(CC(=O)N2CC[C@@H](O)[C@H](Oc3cccc(C(C)C)c3)C2)c(=O)c2ccccc12. The van der Waals surface area contributed by atoms with Crippen LogP contribution in [0, 0.1) is 6.92 Å². The Labute approximate surface area is 187 Å². The molecule has 2 atom stereocenters. The highest BCUT2D eigenvalue weighted by Crippen LogP contribution is 2.24. The van der Waals surface area contributed by atoms with Crippen molar-refractivity contribution in [2.75, 3.05) is 13.1 Å². The molecule has 0 aliphatic carbocycles. The van der Waals surface area contributed by atoms with Crippen LogP contribution >= 0.6 is 0 Å². The van der Waals surface area contributed by atoms with Crippen LogP contribution in [0.2, 0.25) is 0 Å². The number of carbonyl (C=O) groups excluding carboxylic acids is 1. The van der Waals surface area contributed by atoms with E-state index in [2.05, 4.69) is 18.9 Å². The first kappa shape index (κ1) is 22.0. The number of aryl methyl sites for hydroxylation is 1. The number of amides is 1. The van der Waals surface area contributed by atoms with E-state index in [0.717, 1.165) is 10.9 Å². The third-order valence-corrected chi connectivity index (χ3v) is 6.03. The molecule has 0 radical (unpaired) electrons. The minimum atomic E-state index is -0.662. The molecule has 7 nitrogen and oxygen atoms in total. The first-order valence-electron chi connectivity index (χ1n) is 11.0. The van der Waals surface area contributed by atoms with Gasteiger partial charge < -0.3 is 14.7 Å². The van der Waals surface area contributed by atoms with Crippen molar-refractivity contribution in [2.24, 2.45) is 0 Å². The number of ether oxygens (including phenoxy) is 1. The predicted molar refractivity (Wildman–Crippen MR) is 123 cm³/mol. The van der Waals surface area contributed by atoms with Gasteiger partial charge in [-0.05, 0) is 43.0 Å². The summed E-state index contributed by atoms with van der Waals surface area (Å²) in [6.45, 7) is 6.57. The molecule has 1 amide bonds. The molecule has 1 aromatic heterocycles. The summed E-state index contributed by atoms with van der Waals surface area (Å²) < 4.78 is 7.29. The van der Waals surface area contributed by atoms with Gasteiger partial charge in [-0.2, -0.15) is 5.10 Å². The highest BCUT2D eigenvalue weighted by molar-refractivity contribution is 5.83. The lowest BCUT2D eigenvalue weighted by atomic mass is 10.0. The normalized spacial score (nSPS) is 18.8. The van der Waals surface area contributed by atoms with Gasteiger partial charge in [0.1, 0.15) is 18.4 Å². The van der Waals surface area contributed by atoms with Crippen LogP contribution in [0.1, 0.15) is 37.4 Å². The van der Waals surface area contributed by atoms with Crippen LogP contribution in [0.3, 0.4) is 0 Å². The van der Waals surface area contributed by atoms with Gasteiger partial charge >= 0.3 is 0 Å². The van der Waals surface area contributed by atoms with Gasteiger partial charge in [-0.25, -0.2) is 4.68 Å². The van der Waals surface area contributed by atoms with Crippen molar-refractivity contribution in [1.29, 1.82) is 0 Å². The lowest BCUT2D eigenvalue weighted by Gasteiger charge is -2.36. The van der Waals surface area contributed by atoms with Crippen LogP contribution in [0.5, 0.6) is 5.75 Å². The summed E-state index contributed by atoms with van der Waals surface area (Å²) in [5, 5.41) is 16.1. The molecule has 7 heteroatoms. The molecule has 32 heavy (non-hydrogen) atoms. The fourth-order valence-corrected chi connectivity index (χ4v) is 4.11. The van der Waals surface area contributed by atoms with Gasteiger partial charge in [-0.1, -0.05) is 44.2 Å². The molecular weight excluding hydrogens is 406 g/mol. The number of hydrogen-bond acceptors (Lipinski definition) is 5. The number of nitrogens with zero attached hydrogens (tertiary/aromatic N) is 3. The lowest BCUT2D eigenvalue weighted by Crippen LogP contribution is -2.52. The van der Waals surface area contributed by atoms with Crippen molar-refractivity contribution >= 4 is 16.7 Å². The number of fused-ring (bicyclic) bond motifs is 1. The summed E-state index contributed by atoms with van der Waals surface area (Å²) in [5.41, 5.74) is 1.57. The van der Waals surface area contributed by atoms with Crippen molar-refractivity contribution in [3.8, 4) is 5.75 Å². The number of aromatic nitrogens is 2. The van der Waals surface area contributed by atoms with E-state index in [9.17, 15) is 14.7 Å². The zero-order chi connectivity index (χ0) is 22.8. The number of carbonyl (C=O) groups is 1. The van der Waals surface area contributed by atoms with Gasteiger partial charge in [0.25, 0.3) is 5.56 Å². The summed E-state index contributed by atoms with van der Waals surface area (Å²) in [6.07, 6.45) is -0.775. The van der Waals surface area contributed by atoms with E-state index in [1.807, 2.05) is 43.3 Å². The quantitative estimate of drug-likeness (QED) is 0.666. The number of aliphatic hydroxyl groups excluding tert-OH is 1. The van der Waals surface area contributed by atoms with Gasteiger partial charge in [-0.3, -0.25) is 9.59 Å². The maximum atomic E-state index is 13.0. The van der Waals surface area contributed by atoms with Crippen LogP contribution in [-0.4, -0.2) is 51.0 Å². The average molecular weight is 436 g/mol. The molecule has 0 spiro atoms. The van der Waals surface area contributed by atoms with Crippen LogP contribution in [0.25, 0.3) is 10.8 Å². The maximum absolute atomic E-state index is 13.0. The third kappa shape index (κ3) is 4.53. The average Bonchev–Trinajstić information content (AvgIpc) is 2.79. The molecule has 168 valence electrons. The second-order valence-corrected chi connectivity index (χ2v) is 8.67. The highest BCUT2D eigenvalue weighted by atomic mass is 16.5. The fourth-order valence-electron chi connectivity index (χ4n) is 4.11. The fraction of sp³-hybridized carbons (Fsp3) is 0.400. The highest BCUT2D eigenvalue weighted by Gasteiger charge is 2.32. The molecule has 1 aliphatic rings. The Balaban J connectivity index is 1.49. The lowest BCUT2D eigenvalue weighted by molar-refractivity contribution is -0.137. The van der Waals surface area contributed by atoms with Crippen molar-refractivity contribution < 1.29 is 14.6 Å². The van der Waals surface area contributed by atoms with E-state index in [0.29, 0.717) is 35.7 Å². The summed E-state index contributed by atoms with van der Waals surface area (Å²) in [4.78, 5) is 27.5. The molecular formula is C25H29N3O4. The van der Waals surface area contributed by atoms with E-state index in [-0.39, 0.29) is 24.6 Å². The summed E-state index contributed by atoms with van der Waals surface area (Å²) in [7, 11) is 0. The van der Waals surface area contributed by atoms with Crippen LogP contribution < -0.4 is 10.3 Å². The number of benzene rings is 2. The van der Waals surface area contributed by atoms with E-state index in [1.165, 1.54) is 4.68 Å². The van der Waals surface area contributed by atoms with Crippen LogP contribution in [0.15, 0.2) is 53.3 Å². The van der Waals surface area contributed by atoms with Gasteiger partial charge in [0.15, 0.2) is 0 Å². The van der Waals surface area contributed by atoms with Crippen LogP contribution in [-0.2, 0) is 11.3 Å². The standard InChI is InChI=1S/C25H29N3O4/c1-16(2)18-7-6-8-19(13-18)32-23-14-27(12-11-22(23)29)24(30)15-28-25(31)21-10-5-4-9-20(21)17(3)26-28/h4-10,13,16,22-23,29H,11-12,14-15H2,1-3H3/t22-,23-/m1/s1. The number of rotatable bonds is 5. The Bertz CT molecular complexity index is 1190. The minimum absolute atomic E-state index is 0.143. The molecule has 1 fully saturated rings. The molecule has 2 aromatic carbocycles. The van der Waals surface area contributed by atoms with E-state index >= 15 is 0 Å². The molecule has 0 unspecified atom stereocenters. The van der Waals surface area contributed by atoms with E-state index in [4.69, 9.17) is 4.74 Å². The monoisotopic (exact) mass is 435 g/mol. The van der Waals surface area contributed by atoms with Gasteiger partial charge in [0.05, 0.1) is 23.7 Å². The Morgan fingerprint density at radius 1 is 1.19 bits per heavy atom. The van der Waals surface area contributed by atoms with Crippen LogP contribution in [0.4, 0.5) is 0 Å². The maximum Gasteiger partial charge on any atom is 0.275 e. The molecule has 0 saturated carbocycles. The largest absolute Gasteiger partial charge is 0.486 e. The third-order valence-electron chi connectivity index (χ3n) is 6.03. The number of hydrogen-bond donors (Lipinski definition) is 1. The molecule has 3 aromatic rings. The number of aliphatic hydroxyl groups is 1. The van der Waals surface area contributed by atoms with Gasteiger partial charge in [0.2, 0.25) is 5.91 Å². The van der Waals surface area contributed by atoms with Gasteiger partial charge in [0, 0.05) is 11.9 Å². The van der Waals surface area contributed by atoms with Crippen molar-refractivity contribution in [3.05, 3.63) is 70.1 Å². The van der Waals surface area contributed by atoms with Gasteiger partial charge in [-0.15, -0.1) is 0 Å². The molecule has 1 saturated heterocycles. The molecule has 4 rings (SSSR count). The summed E-state index contributed by atoms with van der Waals surface area (Å²) in [5.74, 6) is 0.826. The Morgan fingerprint density at radius 2 is 1.94 bits per heavy atom. The Morgan fingerprint density at radius 3 is 2.69 bits per heavy atom. The Kier molecular flexibility index (Phi) is 6.28. The second-order valence-electron chi connectivity index (χ2n) is 8.67. The summed E-state index contributed by atoms with van der Waals surface area (Å²) >= 11 is 0. The number of likely N-dealkylation sites (tertiary alicyclic amines) is 1. The van der Waals surface area contributed by atoms with Crippen molar-refractivity contribution in [3.63, 3.8) is 0 Å². The first-order valence-corrected chi connectivity index (χ1v) is 11.0. The zero-order valence-corrected chi connectivity index (χ0v) is 18.7. The first-order chi connectivity index (χ1) is 15.3. The molecule has 2 heterocycles. The summed E-state index contributed by atoms with van der Waals surface area (Å²) in [6, 6.07) is 15.1. The predicted octanol–water partition coefficient (Wildman–Crippen LogP) is 2.87. The smallest absolute Gasteiger partial charge is 0.275 e. The van der Waals surface area contributed by atoms with Crippen molar-refractivity contribution in [1.82, 2.24) is 14.7 Å². The van der Waals surface area contributed by atoms with E-state index < -0.39 is 12.2 Å². The number of piperidine rings is 1. The topological polar surface area (TPSA) is 84.7 Å².